The highest BCUT2D eigenvalue weighted by Crippen LogP contribution is 2.40. The van der Waals surface area contributed by atoms with E-state index in [9.17, 15) is 4.79 Å². The molecule has 0 bridgehead atoms. The Balaban J connectivity index is 1.58. The van der Waals surface area contributed by atoms with Crippen LogP contribution in [-0.2, 0) is 0 Å². The molecule has 3 aromatic rings. The van der Waals surface area contributed by atoms with Crippen molar-refractivity contribution in [2.75, 3.05) is 6.79 Å². The van der Waals surface area contributed by atoms with E-state index in [0.717, 1.165) is 17.0 Å². The van der Waals surface area contributed by atoms with Crippen molar-refractivity contribution < 1.29 is 14.3 Å². The highest BCUT2D eigenvalue weighted by molar-refractivity contribution is 6.00. The van der Waals surface area contributed by atoms with E-state index in [2.05, 4.69) is 17.3 Å². The highest BCUT2D eigenvalue weighted by atomic mass is 16.7. The van der Waals surface area contributed by atoms with Crippen LogP contribution in [0, 0.1) is 12.8 Å². The van der Waals surface area contributed by atoms with Crippen LogP contribution in [0.5, 0.6) is 11.5 Å². The second kappa shape index (κ2) is 5.97. The summed E-state index contributed by atoms with van der Waals surface area (Å²) in [6, 6.07) is 7.82. The van der Waals surface area contributed by atoms with E-state index in [1.54, 1.807) is 10.7 Å². The van der Waals surface area contributed by atoms with Crippen molar-refractivity contribution in [2.45, 2.75) is 32.7 Å². The third kappa shape index (κ3) is 2.70. The van der Waals surface area contributed by atoms with Crippen molar-refractivity contribution in [3.63, 3.8) is 0 Å². The number of benzene rings is 1. The zero-order chi connectivity index (χ0) is 18.5. The molecule has 0 spiro atoms. The molecule has 1 atom stereocenters. The van der Waals surface area contributed by atoms with Crippen LogP contribution >= 0.6 is 0 Å². The lowest BCUT2D eigenvalue weighted by Gasteiger charge is -2.12. The van der Waals surface area contributed by atoms with E-state index in [1.165, 1.54) is 12.8 Å². The van der Waals surface area contributed by atoms with E-state index in [4.69, 9.17) is 14.5 Å². The van der Waals surface area contributed by atoms with Gasteiger partial charge in [0, 0.05) is 17.3 Å². The molecule has 0 saturated heterocycles. The molecule has 1 unspecified atom stereocenters. The number of nitrogens with one attached hydrogen (secondary N) is 1. The lowest BCUT2D eigenvalue weighted by atomic mass is 10.1. The predicted molar refractivity (Wildman–Crippen MR) is 98.9 cm³/mol. The lowest BCUT2D eigenvalue weighted by molar-refractivity contribution is 0.0937. The molecule has 1 amide bonds. The molecule has 7 heteroatoms. The normalized spacial score (nSPS) is 16.5. The Bertz CT molecular complexity index is 1050. The SMILES string of the molecule is Cc1cc(-c2cccc3c2OCO3)nc2c(C(=O)NC(C)C3CC3)cnn12. The molecular weight excluding hydrogens is 344 g/mol. The van der Waals surface area contributed by atoms with Crippen molar-refractivity contribution in [2.24, 2.45) is 5.92 Å². The number of hydrogen-bond acceptors (Lipinski definition) is 5. The standard InChI is InChI=1S/C20H20N4O3/c1-11-8-16(14-4-3-5-17-18(14)27-10-26-17)23-19-15(9-21-24(11)19)20(25)22-12(2)13-6-7-13/h3-5,8-9,12-13H,6-7,10H2,1-2H3,(H,22,25). The van der Waals surface area contributed by atoms with Gasteiger partial charge in [0.05, 0.1) is 11.9 Å². The number of fused-ring (bicyclic) bond motifs is 2. The first-order valence-electron chi connectivity index (χ1n) is 9.17. The van der Waals surface area contributed by atoms with Gasteiger partial charge in [0.25, 0.3) is 5.91 Å². The molecule has 1 aromatic carbocycles. The summed E-state index contributed by atoms with van der Waals surface area (Å²) in [7, 11) is 0. The summed E-state index contributed by atoms with van der Waals surface area (Å²) in [6.07, 6.45) is 3.95. The van der Waals surface area contributed by atoms with Crippen LogP contribution in [0.25, 0.3) is 16.9 Å². The molecular formula is C20H20N4O3. The quantitative estimate of drug-likeness (QED) is 0.770. The van der Waals surface area contributed by atoms with Gasteiger partial charge in [-0.05, 0) is 50.8 Å². The number of para-hydroxylation sites is 1. The molecule has 2 aromatic heterocycles. The third-order valence-corrected chi connectivity index (χ3v) is 5.25. The number of carbonyl (C=O) groups excluding carboxylic acids is 1. The molecule has 3 heterocycles. The van der Waals surface area contributed by atoms with Crippen LogP contribution in [0.2, 0.25) is 0 Å². The summed E-state index contributed by atoms with van der Waals surface area (Å²) >= 11 is 0. The Kier molecular flexibility index (Phi) is 3.56. The lowest BCUT2D eigenvalue weighted by Crippen LogP contribution is -2.34. The minimum Gasteiger partial charge on any atom is -0.454 e. The molecule has 1 aliphatic heterocycles. The Labute approximate surface area is 156 Å². The number of aryl methyl sites for hydroxylation is 1. The maximum absolute atomic E-state index is 12.8. The largest absolute Gasteiger partial charge is 0.454 e. The van der Waals surface area contributed by atoms with Gasteiger partial charge in [-0.25, -0.2) is 9.50 Å². The summed E-state index contributed by atoms with van der Waals surface area (Å²) in [4.78, 5) is 17.5. The summed E-state index contributed by atoms with van der Waals surface area (Å²) in [5.41, 5.74) is 3.49. The van der Waals surface area contributed by atoms with Crippen LogP contribution in [0.3, 0.4) is 0 Å². The fourth-order valence-corrected chi connectivity index (χ4v) is 3.54. The molecule has 5 rings (SSSR count). The monoisotopic (exact) mass is 364 g/mol. The Morgan fingerprint density at radius 1 is 1.33 bits per heavy atom. The van der Waals surface area contributed by atoms with E-state index in [1.807, 2.05) is 31.2 Å². The van der Waals surface area contributed by atoms with Crippen LogP contribution in [0.4, 0.5) is 0 Å². The van der Waals surface area contributed by atoms with Gasteiger partial charge in [-0.15, -0.1) is 0 Å². The maximum Gasteiger partial charge on any atom is 0.256 e. The van der Waals surface area contributed by atoms with Crippen molar-refractivity contribution in [3.8, 4) is 22.8 Å². The molecule has 0 radical (unpaired) electrons. The van der Waals surface area contributed by atoms with Gasteiger partial charge in [-0.3, -0.25) is 4.79 Å². The van der Waals surface area contributed by atoms with Crippen LogP contribution in [0.15, 0.2) is 30.5 Å². The van der Waals surface area contributed by atoms with Gasteiger partial charge >= 0.3 is 0 Å². The average molecular weight is 364 g/mol. The topological polar surface area (TPSA) is 77.8 Å². The number of hydrogen-bond donors (Lipinski definition) is 1. The minimum atomic E-state index is -0.133. The minimum absolute atomic E-state index is 0.133. The van der Waals surface area contributed by atoms with Gasteiger partial charge in [0.2, 0.25) is 6.79 Å². The molecule has 1 N–H and O–H groups in total. The van der Waals surface area contributed by atoms with E-state index in [-0.39, 0.29) is 18.7 Å². The highest BCUT2D eigenvalue weighted by Gasteiger charge is 2.30. The summed E-state index contributed by atoms with van der Waals surface area (Å²) in [6.45, 7) is 4.20. The fraction of sp³-hybridized carbons (Fsp3) is 0.350. The second-order valence-electron chi connectivity index (χ2n) is 7.22. The number of nitrogens with zero attached hydrogens (tertiary/aromatic N) is 3. The molecule has 138 valence electrons. The zero-order valence-corrected chi connectivity index (χ0v) is 15.2. The van der Waals surface area contributed by atoms with Gasteiger partial charge < -0.3 is 14.8 Å². The fourth-order valence-electron chi connectivity index (χ4n) is 3.54. The molecule has 1 aliphatic carbocycles. The Hall–Kier alpha value is -3.09. The number of ether oxygens (including phenoxy) is 2. The van der Waals surface area contributed by atoms with Gasteiger partial charge in [0.15, 0.2) is 17.1 Å². The van der Waals surface area contributed by atoms with Crippen molar-refractivity contribution in [3.05, 3.63) is 41.7 Å². The first kappa shape index (κ1) is 16.1. The zero-order valence-electron chi connectivity index (χ0n) is 15.2. The first-order chi connectivity index (χ1) is 13.1. The van der Waals surface area contributed by atoms with Crippen molar-refractivity contribution >= 4 is 11.6 Å². The van der Waals surface area contributed by atoms with E-state index in [0.29, 0.717) is 28.6 Å². The van der Waals surface area contributed by atoms with Crippen LogP contribution in [0.1, 0.15) is 35.8 Å². The number of amides is 1. The van der Waals surface area contributed by atoms with Crippen molar-refractivity contribution in [1.29, 1.82) is 0 Å². The van der Waals surface area contributed by atoms with Crippen LogP contribution < -0.4 is 14.8 Å². The first-order valence-corrected chi connectivity index (χ1v) is 9.17. The molecule has 27 heavy (non-hydrogen) atoms. The number of aromatic nitrogens is 3. The molecule has 1 fully saturated rings. The van der Waals surface area contributed by atoms with Gasteiger partial charge in [-0.2, -0.15) is 5.10 Å². The number of rotatable bonds is 4. The van der Waals surface area contributed by atoms with E-state index >= 15 is 0 Å². The van der Waals surface area contributed by atoms with Gasteiger partial charge in [0.1, 0.15) is 5.56 Å². The third-order valence-electron chi connectivity index (χ3n) is 5.25. The average Bonchev–Trinajstić information content (AvgIpc) is 3.24. The summed E-state index contributed by atoms with van der Waals surface area (Å²) < 4.78 is 12.8. The van der Waals surface area contributed by atoms with Crippen molar-refractivity contribution in [1.82, 2.24) is 19.9 Å². The number of carbonyl (C=O) groups is 1. The Morgan fingerprint density at radius 3 is 3.00 bits per heavy atom. The molecule has 7 nitrogen and oxygen atoms in total. The summed E-state index contributed by atoms with van der Waals surface area (Å²) in [5.74, 6) is 1.84. The van der Waals surface area contributed by atoms with Crippen LogP contribution in [-0.4, -0.2) is 33.3 Å². The van der Waals surface area contributed by atoms with E-state index < -0.39 is 0 Å². The summed E-state index contributed by atoms with van der Waals surface area (Å²) in [5, 5.41) is 7.43. The smallest absolute Gasteiger partial charge is 0.256 e. The predicted octanol–water partition coefficient (Wildman–Crippen LogP) is 2.96. The second-order valence-corrected chi connectivity index (χ2v) is 7.22. The molecule has 1 saturated carbocycles. The van der Waals surface area contributed by atoms with Gasteiger partial charge in [-0.1, -0.05) is 6.07 Å². The maximum atomic E-state index is 12.8. The Morgan fingerprint density at radius 2 is 2.19 bits per heavy atom. The molecule has 2 aliphatic rings.